The molecule has 162 valence electrons. The Kier molecular flexibility index (Phi) is 5.45. The Hall–Kier alpha value is -3.52. The van der Waals surface area contributed by atoms with Crippen LogP contribution in [-0.2, 0) is 6.54 Å². The molecule has 0 bridgehead atoms. The van der Waals surface area contributed by atoms with E-state index in [-0.39, 0.29) is 23.5 Å². The molecule has 2 amide bonds. The van der Waals surface area contributed by atoms with E-state index >= 15 is 0 Å². The van der Waals surface area contributed by atoms with Gasteiger partial charge in [0.25, 0.3) is 11.8 Å². The van der Waals surface area contributed by atoms with Crippen molar-refractivity contribution in [2.45, 2.75) is 18.9 Å². The van der Waals surface area contributed by atoms with Crippen LogP contribution in [0.3, 0.4) is 0 Å². The van der Waals surface area contributed by atoms with Crippen LogP contribution in [0, 0.1) is 5.82 Å². The summed E-state index contributed by atoms with van der Waals surface area (Å²) in [5.74, 6) is -0.348. The van der Waals surface area contributed by atoms with E-state index in [1.165, 1.54) is 35.6 Å². The third-order valence-corrected chi connectivity index (χ3v) is 6.98. The maximum atomic E-state index is 13.1. The van der Waals surface area contributed by atoms with Crippen molar-refractivity contribution in [1.82, 2.24) is 19.6 Å². The molecule has 0 spiro atoms. The molecule has 1 aliphatic rings. The minimum Gasteiger partial charge on any atom is -0.347 e. The fourth-order valence-corrected chi connectivity index (χ4v) is 5.03. The third kappa shape index (κ3) is 4.13. The molecule has 0 radical (unpaired) electrons. The van der Waals surface area contributed by atoms with Gasteiger partial charge in [0.2, 0.25) is 0 Å². The highest BCUT2D eigenvalue weighted by Crippen LogP contribution is 2.33. The molecule has 32 heavy (non-hydrogen) atoms. The lowest BCUT2D eigenvalue weighted by Gasteiger charge is -2.16. The summed E-state index contributed by atoms with van der Waals surface area (Å²) in [5, 5.41) is 2.97. The van der Waals surface area contributed by atoms with Crippen molar-refractivity contribution < 1.29 is 14.0 Å². The number of carbonyl (C=O) groups is 2. The molecule has 5 rings (SSSR count). The first-order valence-electron chi connectivity index (χ1n) is 10.4. The van der Waals surface area contributed by atoms with Crippen molar-refractivity contribution in [3.8, 4) is 0 Å². The van der Waals surface area contributed by atoms with Crippen LogP contribution in [0.2, 0.25) is 0 Å². The number of thiophene rings is 1. The predicted octanol–water partition coefficient (Wildman–Crippen LogP) is 4.09. The lowest BCUT2D eigenvalue weighted by atomic mass is 10.1. The fraction of sp³-hybridized carbons (Fsp3) is 0.208. The Bertz CT molecular complexity index is 1280. The number of halogens is 1. The van der Waals surface area contributed by atoms with Gasteiger partial charge in [-0.1, -0.05) is 0 Å². The molecular weight excluding hydrogens is 427 g/mol. The maximum Gasteiger partial charge on any atom is 0.261 e. The summed E-state index contributed by atoms with van der Waals surface area (Å²) in [6.45, 7) is 1.68. The van der Waals surface area contributed by atoms with Gasteiger partial charge in [-0.3, -0.25) is 9.59 Å². The van der Waals surface area contributed by atoms with E-state index in [0.29, 0.717) is 30.1 Å². The summed E-state index contributed by atoms with van der Waals surface area (Å²) >= 11 is 1.47. The third-order valence-electron chi connectivity index (χ3n) is 5.73. The molecule has 1 saturated heterocycles. The number of imidazole rings is 1. The van der Waals surface area contributed by atoms with Gasteiger partial charge >= 0.3 is 0 Å². The first-order valence-corrected chi connectivity index (χ1v) is 11.2. The maximum absolute atomic E-state index is 13.1. The zero-order chi connectivity index (χ0) is 22.1. The Morgan fingerprint density at radius 3 is 2.81 bits per heavy atom. The fourth-order valence-electron chi connectivity index (χ4n) is 3.98. The Balaban J connectivity index is 1.19. The zero-order valence-electron chi connectivity index (χ0n) is 17.2. The van der Waals surface area contributed by atoms with E-state index < -0.39 is 0 Å². The minimum absolute atomic E-state index is 0.0866. The van der Waals surface area contributed by atoms with Gasteiger partial charge in [-0.15, -0.1) is 11.3 Å². The van der Waals surface area contributed by atoms with Gasteiger partial charge in [0.15, 0.2) is 0 Å². The largest absolute Gasteiger partial charge is 0.347 e. The van der Waals surface area contributed by atoms with Crippen molar-refractivity contribution in [3.63, 3.8) is 0 Å². The van der Waals surface area contributed by atoms with Gasteiger partial charge in [-0.2, -0.15) is 0 Å². The summed E-state index contributed by atoms with van der Waals surface area (Å²) in [5.41, 5.74) is 2.32. The molecule has 4 heterocycles. The number of fused-ring (bicyclic) bond motifs is 1. The number of hydrogen-bond donors (Lipinski definition) is 1. The van der Waals surface area contributed by atoms with Crippen molar-refractivity contribution in [2.24, 2.45) is 0 Å². The number of amides is 2. The Morgan fingerprint density at radius 1 is 1.12 bits per heavy atom. The van der Waals surface area contributed by atoms with Crippen LogP contribution in [0.1, 0.15) is 42.8 Å². The monoisotopic (exact) mass is 448 g/mol. The van der Waals surface area contributed by atoms with Crippen molar-refractivity contribution >= 4 is 28.8 Å². The number of rotatable bonds is 5. The van der Waals surface area contributed by atoms with Crippen LogP contribution >= 0.6 is 11.3 Å². The molecule has 0 saturated carbocycles. The Labute approximate surface area is 188 Å². The molecule has 3 aromatic heterocycles. The second-order valence-corrected chi connectivity index (χ2v) is 8.97. The predicted molar refractivity (Wildman–Crippen MR) is 120 cm³/mol. The Morgan fingerprint density at radius 2 is 1.97 bits per heavy atom. The van der Waals surface area contributed by atoms with Crippen molar-refractivity contribution in [1.29, 1.82) is 0 Å². The van der Waals surface area contributed by atoms with Crippen LogP contribution in [-0.4, -0.2) is 39.2 Å². The lowest BCUT2D eigenvalue weighted by Crippen LogP contribution is -2.28. The van der Waals surface area contributed by atoms with E-state index in [4.69, 9.17) is 0 Å². The molecule has 1 unspecified atom stereocenters. The molecule has 1 N–H and O–H groups in total. The second kappa shape index (κ2) is 8.55. The summed E-state index contributed by atoms with van der Waals surface area (Å²) in [4.78, 5) is 33.1. The molecule has 4 aromatic rings. The molecule has 6 nitrogen and oxygen atoms in total. The molecule has 8 heteroatoms. The van der Waals surface area contributed by atoms with Crippen molar-refractivity contribution in [2.75, 3.05) is 13.1 Å². The van der Waals surface area contributed by atoms with Gasteiger partial charge in [0.1, 0.15) is 11.5 Å². The van der Waals surface area contributed by atoms with Crippen LogP contribution in [0.25, 0.3) is 5.65 Å². The van der Waals surface area contributed by atoms with Gasteiger partial charge in [-0.05, 0) is 60.5 Å². The molecule has 1 atom stereocenters. The van der Waals surface area contributed by atoms with E-state index in [0.717, 1.165) is 22.5 Å². The summed E-state index contributed by atoms with van der Waals surface area (Å²) < 4.78 is 15.0. The van der Waals surface area contributed by atoms with Crippen LogP contribution in [0.4, 0.5) is 4.39 Å². The highest BCUT2D eigenvalue weighted by molar-refractivity contribution is 7.14. The normalized spacial score (nSPS) is 15.9. The standard InChI is InChI=1S/C24H21FN4O2S/c25-19-3-1-17(2-4-19)24(31)29-11-8-18(15-29)20-5-6-21(32-20)23(30)27-14-16-7-10-28-12-9-26-22(28)13-16/h1-7,9-10,12-13,18H,8,11,14-15H2,(H,27,30). The number of pyridine rings is 1. The first-order chi connectivity index (χ1) is 15.6. The number of nitrogens with one attached hydrogen (secondary N) is 1. The van der Waals surface area contributed by atoms with Crippen LogP contribution < -0.4 is 5.32 Å². The quantitative estimate of drug-likeness (QED) is 0.500. The molecular formula is C24H21FN4O2S. The van der Waals surface area contributed by atoms with E-state index in [1.54, 1.807) is 11.1 Å². The van der Waals surface area contributed by atoms with Gasteiger partial charge < -0.3 is 14.6 Å². The van der Waals surface area contributed by atoms with E-state index in [9.17, 15) is 14.0 Å². The number of aromatic nitrogens is 2. The molecule has 0 aliphatic carbocycles. The smallest absolute Gasteiger partial charge is 0.261 e. The highest BCUT2D eigenvalue weighted by atomic mass is 32.1. The van der Waals surface area contributed by atoms with E-state index in [2.05, 4.69) is 10.3 Å². The van der Waals surface area contributed by atoms with Gasteiger partial charge in [0.05, 0.1) is 4.88 Å². The number of benzene rings is 1. The first kappa shape index (κ1) is 20.4. The summed E-state index contributed by atoms with van der Waals surface area (Å²) in [7, 11) is 0. The number of hydrogen-bond acceptors (Lipinski definition) is 4. The lowest BCUT2D eigenvalue weighted by molar-refractivity contribution is 0.0790. The molecule has 1 aromatic carbocycles. The van der Waals surface area contributed by atoms with E-state index in [1.807, 2.05) is 41.1 Å². The minimum atomic E-state index is -0.354. The number of likely N-dealkylation sites (tertiary alicyclic amines) is 1. The highest BCUT2D eigenvalue weighted by Gasteiger charge is 2.29. The second-order valence-electron chi connectivity index (χ2n) is 7.86. The average molecular weight is 449 g/mol. The molecule has 1 fully saturated rings. The number of carbonyl (C=O) groups excluding carboxylic acids is 2. The average Bonchev–Trinajstić information content (AvgIpc) is 3.57. The van der Waals surface area contributed by atoms with Crippen LogP contribution in [0.15, 0.2) is 67.1 Å². The summed E-state index contributed by atoms with van der Waals surface area (Å²) in [6, 6.07) is 13.4. The zero-order valence-corrected chi connectivity index (χ0v) is 18.0. The number of nitrogens with zero attached hydrogens (tertiary/aromatic N) is 3. The summed E-state index contributed by atoms with van der Waals surface area (Å²) in [6.07, 6.45) is 6.38. The van der Waals surface area contributed by atoms with Gasteiger partial charge in [0, 0.05) is 54.6 Å². The topological polar surface area (TPSA) is 66.7 Å². The van der Waals surface area contributed by atoms with Crippen molar-refractivity contribution in [3.05, 3.63) is 93.8 Å². The van der Waals surface area contributed by atoms with Crippen LogP contribution in [0.5, 0.6) is 0 Å². The molecule has 1 aliphatic heterocycles. The van der Waals surface area contributed by atoms with Gasteiger partial charge in [-0.25, -0.2) is 9.37 Å². The SMILES string of the molecule is O=C(NCc1ccn2ccnc2c1)c1ccc(C2CCN(C(=O)c3ccc(F)cc3)C2)s1.